The molecule has 1 fully saturated rings. The van der Waals surface area contributed by atoms with Gasteiger partial charge in [0.1, 0.15) is 0 Å². The molecule has 0 spiro atoms. The van der Waals surface area contributed by atoms with E-state index in [2.05, 4.69) is 39.0 Å². The summed E-state index contributed by atoms with van der Waals surface area (Å²) in [7, 11) is 0. The van der Waals surface area contributed by atoms with Gasteiger partial charge in [-0.3, -0.25) is 4.79 Å². The van der Waals surface area contributed by atoms with Crippen LogP contribution in [0.25, 0.3) is 0 Å². The van der Waals surface area contributed by atoms with Crippen LogP contribution in [0.1, 0.15) is 104 Å². The highest BCUT2D eigenvalue weighted by Crippen LogP contribution is 2.26. The molecule has 25 heavy (non-hydrogen) atoms. The van der Waals surface area contributed by atoms with E-state index < -0.39 is 5.97 Å². The zero-order valence-corrected chi connectivity index (χ0v) is 17.0. The lowest BCUT2D eigenvalue weighted by Gasteiger charge is -2.07. The van der Waals surface area contributed by atoms with Gasteiger partial charge in [-0.05, 0) is 50.4 Å². The highest BCUT2D eigenvalue weighted by atomic mass is 16.4. The molecule has 0 saturated heterocycles. The Hall–Kier alpha value is -1.05. The molecule has 0 radical (unpaired) electrons. The Bertz CT molecular complexity index is 351. The first-order valence-corrected chi connectivity index (χ1v) is 10.6. The van der Waals surface area contributed by atoms with Gasteiger partial charge in [0.25, 0.3) is 0 Å². The van der Waals surface area contributed by atoms with E-state index in [0.717, 1.165) is 31.1 Å². The second-order valence-corrected chi connectivity index (χ2v) is 7.42. The van der Waals surface area contributed by atoms with Crippen LogP contribution in [0.2, 0.25) is 0 Å². The third-order valence-corrected chi connectivity index (χ3v) is 4.79. The van der Waals surface area contributed by atoms with Gasteiger partial charge in [0, 0.05) is 6.42 Å². The van der Waals surface area contributed by atoms with Crippen molar-refractivity contribution in [3.05, 3.63) is 24.3 Å². The molecule has 0 heterocycles. The Morgan fingerprint density at radius 3 is 2.40 bits per heavy atom. The Morgan fingerprint density at radius 2 is 1.80 bits per heavy atom. The topological polar surface area (TPSA) is 37.3 Å². The standard InChI is InChI=1S/C15H28.C8H14O2/c1-3-4-5-6-9-14(2)12-13-15-10-7-8-11-15;1-2-3-4-5-6-7-8(9)10/h12-15H,3-11H2,1-2H3;3-4H,2,5-7H2,1H3,(H,9,10)/b13-12+;4-3-. The third-order valence-electron chi connectivity index (χ3n) is 4.79. The first-order chi connectivity index (χ1) is 12.1. The molecule has 0 aliphatic heterocycles. The monoisotopic (exact) mass is 350 g/mol. The maximum Gasteiger partial charge on any atom is 0.303 e. The van der Waals surface area contributed by atoms with E-state index in [1.54, 1.807) is 0 Å². The van der Waals surface area contributed by atoms with Crippen LogP contribution in [0, 0.1) is 11.8 Å². The van der Waals surface area contributed by atoms with E-state index in [0.29, 0.717) is 0 Å². The van der Waals surface area contributed by atoms with Gasteiger partial charge in [-0.2, -0.15) is 0 Å². The second kappa shape index (κ2) is 17.8. The van der Waals surface area contributed by atoms with Gasteiger partial charge < -0.3 is 5.11 Å². The van der Waals surface area contributed by atoms with Crippen LogP contribution >= 0.6 is 0 Å². The second-order valence-electron chi connectivity index (χ2n) is 7.42. The number of allylic oxidation sites excluding steroid dienone is 4. The largest absolute Gasteiger partial charge is 0.481 e. The minimum absolute atomic E-state index is 0.286. The molecule has 1 N–H and O–H groups in total. The lowest BCUT2D eigenvalue weighted by atomic mass is 9.99. The number of carbonyl (C=O) groups is 1. The van der Waals surface area contributed by atoms with Crippen LogP contribution in [0.4, 0.5) is 0 Å². The van der Waals surface area contributed by atoms with Gasteiger partial charge in [0.2, 0.25) is 0 Å². The van der Waals surface area contributed by atoms with Crippen LogP contribution in [-0.2, 0) is 4.79 Å². The van der Waals surface area contributed by atoms with Crippen molar-refractivity contribution < 1.29 is 9.90 Å². The van der Waals surface area contributed by atoms with Crippen molar-refractivity contribution in [3.63, 3.8) is 0 Å². The molecule has 1 rings (SSSR count). The molecule has 1 aliphatic carbocycles. The summed E-state index contributed by atoms with van der Waals surface area (Å²) in [6, 6.07) is 0. The molecule has 0 aromatic rings. The van der Waals surface area contributed by atoms with Gasteiger partial charge in [-0.15, -0.1) is 0 Å². The van der Waals surface area contributed by atoms with Gasteiger partial charge in [0.05, 0.1) is 0 Å². The molecule has 0 amide bonds. The quantitative estimate of drug-likeness (QED) is 0.291. The maximum atomic E-state index is 10.0. The first kappa shape index (κ1) is 23.9. The lowest BCUT2D eigenvalue weighted by Crippen LogP contribution is -1.92. The number of unbranched alkanes of at least 4 members (excludes halogenated alkanes) is 4. The zero-order chi connectivity index (χ0) is 18.8. The fourth-order valence-electron chi connectivity index (χ4n) is 3.14. The summed E-state index contributed by atoms with van der Waals surface area (Å²) in [4.78, 5) is 10.0. The van der Waals surface area contributed by atoms with Crippen molar-refractivity contribution >= 4 is 5.97 Å². The van der Waals surface area contributed by atoms with Crippen LogP contribution < -0.4 is 0 Å². The Kier molecular flexibility index (Phi) is 17.0. The summed E-state index contributed by atoms with van der Waals surface area (Å²) in [5, 5.41) is 8.25. The highest BCUT2D eigenvalue weighted by Gasteiger charge is 2.11. The van der Waals surface area contributed by atoms with E-state index in [1.165, 1.54) is 57.8 Å². The maximum absolute atomic E-state index is 10.0. The van der Waals surface area contributed by atoms with Crippen molar-refractivity contribution in [2.24, 2.45) is 11.8 Å². The Balaban J connectivity index is 0.000000504. The van der Waals surface area contributed by atoms with E-state index in [4.69, 9.17) is 5.11 Å². The smallest absolute Gasteiger partial charge is 0.303 e. The minimum atomic E-state index is -0.704. The number of carboxylic acids is 1. The van der Waals surface area contributed by atoms with Gasteiger partial charge in [-0.25, -0.2) is 0 Å². The number of carboxylic acid groups (broad SMARTS) is 1. The summed E-state index contributed by atoms with van der Waals surface area (Å²) in [5.74, 6) is 1.02. The summed E-state index contributed by atoms with van der Waals surface area (Å²) in [6.45, 7) is 6.72. The molecule has 1 unspecified atom stereocenters. The van der Waals surface area contributed by atoms with E-state index in [1.807, 2.05) is 6.08 Å². The molecule has 2 nitrogen and oxygen atoms in total. The molecular formula is C23H42O2. The Morgan fingerprint density at radius 1 is 1.08 bits per heavy atom. The van der Waals surface area contributed by atoms with Crippen molar-refractivity contribution in [3.8, 4) is 0 Å². The van der Waals surface area contributed by atoms with E-state index in [-0.39, 0.29) is 6.42 Å². The van der Waals surface area contributed by atoms with Crippen molar-refractivity contribution in [2.45, 2.75) is 104 Å². The number of rotatable bonds is 12. The normalized spacial score (nSPS) is 16.3. The fraction of sp³-hybridized carbons (Fsp3) is 0.783. The van der Waals surface area contributed by atoms with Gasteiger partial charge in [-0.1, -0.05) is 83.6 Å². The van der Waals surface area contributed by atoms with Crippen LogP contribution in [0.3, 0.4) is 0 Å². The van der Waals surface area contributed by atoms with Crippen molar-refractivity contribution in [1.82, 2.24) is 0 Å². The number of aliphatic carboxylic acids is 1. The average molecular weight is 351 g/mol. The first-order valence-electron chi connectivity index (χ1n) is 10.6. The molecule has 1 aliphatic rings. The summed E-state index contributed by atoms with van der Waals surface area (Å²) in [6.07, 6.45) is 24.8. The fourth-order valence-corrected chi connectivity index (χ4v) is 3.14. The molecule has 1 saturated carbocycles. The predicted octanol–water partition coefficient (Wildman–Crippen LogP) is 7.55. The minimum Gasteiger partial charge on any atom is -0.481 e. The zero-order valence-electron chi connectivity index (χ0n) is 17.0. The number of hydrogen-bond donors (Lipinski definition) is 1. The lowest BCUT2D eigenvalue weighted by molar-refractivity contribution is -0.137. The van der Waals surface area contributed by atoms with Crippen LogP contribution in [0.15, 0.2) is 24.3 Å². The van der Waals surface area contributed by atoms with Crippen LogP contribution in [0.5, 0.6) is 0 Å². The molecule has 0 aromatic carbocycles. The molecular weight excluding hydrogens is 308 g/mol. The summed E-state index contributed by atoms with van der Waals surface area (Å²) in [5.41, 5.74) is 0. The van der Waals surface area contributed by atoms with Crippen molar-refractivity contribution in [2.75, 3.05) is 0 Å². The van der Waals surface area contributed by atoms with E-state index >= 15 is 0 Å². The molecule has 1 atom stereocenters. The molecule has 2 heteroatoms. The molecule has 0 aromatic heterocycles. The SMILES string of the molecule is CC/C=C\CCCC(=O)O.CCCCCCC(C)/C=C/C1CCCC1. The summed E-state index contributed by atoms with van der Waals surface area (Å²) >= 11 is 0. The molecule has 0 bridgehead atoms. The van der Waals surface area contributed by atoms with Crippen LogP contribution in [-0.4, -0.2) is 11.1 Å². The highest BCUT2D eigenvalue weighted by molar-refractivity contribution is 5.66. The number of hydrogen-bond acceptors (Lipinski definition) is 1. The van der Waals surface area contributed by atoms with Gasteiger partial charge >= 0.3 is 5.97 Å². The average Bonchev–Trinajstić information content (AvgIpc) is 3.11. The van der Waals surface area contributed by atoms with Crippen molar-refractivity contribution in [1.29, 1.82) is 0 Å². The van der Waals surface area contributed by atoms with E-state index in [9.17, 15) is 4.79 Å². The summed E-state index contributed by atoms with van der Waals surface area (Å²) < 4.78 is 0. The van der Waals surface area contributed by atoms with Gasteiger partial charge in [0.15, 0.2) is 0 Å². The predicted molar refractivity (Wildman–Crippen MR) is 110 cm³/mol. The Labute approximate surface area is 156 Å². The molecule has 146 valence electrons. The third kappa shape index (κ3) is 17.6.